The van der Waals surface area contributed by atoms with Crippen LogP contribution in [0.4, 0.5) is 0 Å². The monoisotopic (exact) mass is 276 g/mol. The largest absolute Gasteiger partial charge is 0.481 e. The Hall–Kier alpha value is -1.35. The first-order chi connectivity index (χ1) is 9.49. The Balaban J connectivity index is 2.08. The maximum Gasteiger partial charge on any atom is 0.306 e. The van der Waals surface area contributed by atoms with E-state index in [4.69, 9.17) is 0 Å². The molecule has 3 heteroatoms. The van der Waals surface area contributed by atoms with Crippen LogP contribution in [-0.4, -0.2) is 16.2 Å². The molecule has 0 spiro atoms. The van der Waals surface area contributed by atoms with Crippen LogP contribution in [0.3, 0.4) is 0 Å². The standard InChI is InChI=1S/C17H24O3/c1-11(2)10-12-6-8-13(9-7-12)16(18)14-4-3-5-15(14)17(19)20/h6-9,11,14-16,18H,3-5,10H2,1-2H3,(H,19,20). The van der Waals surface area contributed by atoms with Gasteiger partial charge in [0.05, 0.1) is 12.0 Å². The number of aliphatic hydroxyl groups is 1. The fourth-order valence-electron chi connectivity index (χ4n) is 3.24. The highest BCUT2D eigenvalue weighted by Crippen LogP contribution is 2.40. The predicted octanol–water partition coefficient (Wildman–Crippen LogP) is 3.42. The molecule has 0 radical (unpaired) electrons. The lowest BCUT2D eigenvalue weighted by molar-refractivity contribution is -0.144. The molecule has 0 aromatic heterocycles. The molecule has 3 nitrogen and oxygen atoms in total. The molecule has 0 saturated heterocycles. The first-order valence-corrected chi connectivity index (χ1v) is 7.48. The molecule has 1 fully saturated rings. The second kappa shape index (κ2) is 6.40. The van der Waals surface area contributed by atoms with E-state index in [0.29, 0.717) is 12.3 Å². The second-order valence-electron chi connectivity index (χ2n) is 6.32. The van der Waals surface area contributed by atoms with E-state index < -0.39 is 18.0 Å². The second-order valence-corrected chi connectivity index (χ2v) is 6.32. The lowest BCUT2D eigenvalue weighted by Gasteiger charge is -2.22. The molecule has 0 heterocycles. The van der Waals surface area contributed by atoms with Crippen molar-refractivity contribution in [1.82, 2.24) is 0 Å². The summed E-state index contributed by atoms with van der Waals surface area (Å²) in [4.78, 5) is 11.2. The first-order valence-electron chi connectivity index (χ1n) is 7.48. The maximum absolute atomic E-state index is 11.2. The van der Waals surface area contributed by atoms with E-state index in [1.54, 1.807) is 0 Å². The summed E-state index contributed by atoms with van der Waals surface area (Å²) < 4.78 is 0. The lowest BCUT2D eigenvalue weighted by atomic mass is 9.86. The third kappa shape index (κ3) is 3.40. The molecule has 0 amide bonds. The molecular weight excluding hydrogens is 252 g/mol. The van der Waals surface area contributed by atoms with E-state index in [1.807, 2.05) is 24.3 Å². The van der Waals surface area contributed by atoms with Gasteiger partial charge in [0.15, 0.2) is 0 Å². The number of carboxylic acid groups (broad SMARTS) is 1. The minimum Gasteiger partial charge on any atom is -0.481 e. The zero-order chi connectivity index (χ0) is 14.7. The van der Waals surface area contributed by atoms with Crippen molar-refractivity contribution < 1.29 is 15.0 Å². The minimum absolute atomic E-state index is 0.150. The van der Waals surface area contributed by atoms with Gasteiger partial charge < -0.3 is 10.2 Å². The van der Waals surface area contributed by atoms with Gasteiger partial charge in [-0.25, -0.2) is 0 Å². The van der Waals surface area contributed by atoms with Crippen molar-refractivity contribution in [3.63, 3.8) is 0 Å². The van der Waals surface area contributed by atoms with Crippen molar-refractivity contribution in [3.8, 4) is 0 Å². The highest BCUT2D eigenvalue weighted by Gasteiger charge is 2.37. The van der Waals surface area contributed by atoms with E-state index >= 15 is 0 Å². The van der Waals surface area contributed by atoms with Crippen LogP contribution in [0.2, 0.25) is 0 Å². The summed E-state index contributed by atoms with van der Waals surface area (Å²) in [5.41, 5.74) is 2.10. The number of aliphatic hydroxyl groups excluding tert-OH is 1. The predicted molar refractivity (Wildman–Crippen MR) is 78.4 cm³/mol. The van der Waals surface area contributed by atoms with E-state index in [9.17, 15) is 15.0 Å². The molecule has 3 atom stereocenters. The van der Waals surface area contributed by atoms with Crippen molar-refractivity contribution in [2.75, 3.05) is 0 Å². The SMILES string of the molecule is CC(C)Cc1ccc(C(O)C2CCCC2C(=O)O)cc1. The lowest BCUT2D eigenvalue weighted by Crippen LogP contribution is -2.23. The summed E-state index contributed by atoms with van der Waals surface area (Å²) in [6, 6.07) is 7.98. The van der Waals surface area contributed by atoms with Gasteiger partial charge in [-0.2, -0.15) is 0 Å². The van der Waals surface area contributed by atoms with Gasteiger partial charge in [0.2, 0.25) is 0 Å². The van der Waals surface area contributed by atoms with E-state index in [1.165, 1.54) is 5.56 Å². The van der Waals surface area contributed by atoms with Gasteiger partial charge in [-0.05, 0) is 36.3 Å². The molecule has 0 aliphatic heterocycles. The van der Waals surface area contributed by atoms with Crippen LogP contribution in [-0.2, 0) is 11.2 Å². The Morgan fingerprint density at radius 1 is 1.25 bits per heavy atom. The molecule has 1 aliphatic carbocycles. The number of hydrogen-bond acceptors (Lipinski definition) is 2. The van der Waals surface area contributed by atoms with Gasteiger partial charge in [-0.15, -0.1) is 0 Å². The summed E-state index contributed by atoms with van der Waals surface area (Å²) in [5.74, 6) is -0.719. The zero-order valence-electron chi connectivity index (χ0n) is 12.2. The molecule has 1 aromatic carbocycles. The van der Waals surface area contributed by atoms with Crippen LogP contribution >= 0.6 is 0 Å². The van der Waals surface area contributed by atoms with Crippen molar-refractivity contribution in [3.05, 3.63) is 35.4 Å². The topological polar surface area (TPSA) is 57.5 Å². The smallest absolute Gasteiger partial charge is 0.306 e. The third-order valence-corrected chi connectivity index (χ3v) is 4.26. The summed E-state index contributed by atoms with van der Waals surface area (Å²) in [6.07, 6.45) is 2.74. The third-order valence-electron chi connectivity index (χ3n) is 4.26. The molecule has 3 unspecified atom stereocenters. The Kier molecular flexibility index (Phi) is 4.81. The van der Waals surface area contributed by atoms with Crippen LogP contribution in [0.15, 0.2) is 24.3 Å². The molecule has 1 aromatic rings. The highest BCUT2D eigenvalue weighted by atomic mass is 16.4. The van der Waals surface area contributed by atoms with E-state index in [0.717, 1.165) is 24.8 Å². The van der Waals surface area contributed by atoms with Gasteiger partial charge in [-0.1, -0.05) is 44.5 Å². The summed E-state index contributed by atoms with van der Waals surface area (Å²) in [5, 5.41) is 19.7. The average Bonchev–Trinajstić information content (AvgIpc) is 2.87. The first kappa shape index (κ1) is 15.0. The van der Waals surface area contributed by atoms with Crippen LogP contribution in [0.1, 0.15) is 50.3 Å². The highest BCUT2D eigenvalue weighted by molar-refractivity contribution is 5.70. The minimum atomic E-state index is -0.775. The fraction of sp³-hybridized carbons (Fsp3) is 0.588. The summed E-state index contributed by atoms with van der Waals surface area (Å²) >= 11 is 0. The molecule has 0 bridgehead atoms. The number of benzene rings is 1. The Bertz CT molecular complexity index is 450. The van der Waals surface area contributed by atoms with Crippen molar-refractivity contribution in [2.45, 2.75) is 45.6 Å². The fourth-order valence-corrected chi connectivity index (χ4v) is 3.24. The van der Waals surface area contributed by atoms with Crippen LogP contribution < -0.4 is 0 Å². The Labute approximate surface area is 120 Å². The quantitative estimate of drug-likeness (QED) is 0.866. The van der Waals surface area contributed by atoms with Crippen LogP contribution in [0, 0.1) is 17.8 Å². The summed E-state index contributed by atoms with van der Waals surface area (Å²) in [6.45, 7) is 4.36. The van der Waals surface area contributed by atoms with Gasteiger partial charge in [0.1, 0.15) is 0 Å². The van der Waals surface area contributed by atoms with Gasteiger partial charge in [0, 0.05) is 5.92 Å². The zero-order valence-corrected chi connectivity index (χ0v) is 12.2. The average molecular weight is 276 g/mol. The van der Waals surface area contributed by atoms with Crippen LogP contribution in [0.25, 0.3) is 0 Å². The molecule has 1 aliphatic rings. The molecule has 2 N–H and O–H groups in total. The van der Waals surface area contributed by atoms with Gasteiger partial charge in [-0.3, -0.25) is 4.79 Å². The Morgan fingerprint density at radius 3 is 2.45 bits per heavy atom. The molecule has 20 heavy (non-hydrogen) atoms. The number of carbonyl (C=O) groups is 1. The number of hydrogen-bond donors (Lipinski definition) is 2. The number of rotatable bonds is 5. The van der Waals surface area contributed by atoms with Crippen LogP contribution in [0.5, 0.6) is 0 Å². The van der Waals surface area contributed by atoms with Crippen molar-refractivity contribution in [1.29, 1.82) is 0 Å². The molecular formula is C17H24O3. The molecule has 1 saturated carbocycles. The van der Waals surface area contributed by atoms with Crippen molar-refractivity contribution in [2.24, 2.45) is 17.8 Å². The molecule has 110 valence electrons. The van der Waals surface area contributed by atoms with Gasteiger partial charge in [0.25, 0.3) is 0 Å². The van der Waals surface area contributed by atoms with E-state index in [2.05, 4.69) is 13.8 Å². The van der Waals surface area contributed by atoms with Crippen molar-refractivity contribution >= 4 is 5.97 Å². The summed E-state index contributed by atoms with van der Waals surface area (Å²) in [7, 11) is 0. The number of carboxylic acids is 1. The van der Waals surface area contributed by atoms with E-state index in [-0.39, 0.29) is 5.92 Å². The number of aliphatic carboxylic acids is 1. The Morgan fingerprint density at radius 2 is 1.90 bits per heavy atom. The van der Waals surface area contributed by atoms with Gasteiger partial charge >= 0.3 is 5.97 Å². The normalized spacial score (nSPS) is 24.0. The maximum atomic E-state index is 11.2. The molecule has 2 rings (SSSR count).